The van der Waals surface area contributed by atoms with Gasteiger partial charge in [-0.15, -0.1) is 6.58 Å². The summed E-state index contributed by atoms with van der Waals surface area (Å²) in [4.78, 5) is 4.21. The summed E-state index contributed by atoms with van der Waals surface area (Å²) in [5.41, 5.74) is 6.46. The van der Waals surface area contributed by atoms with E-state index in [2.05, 4.69) is 16.1 Å². The molecule has 0 aliphatic rings. The quantitative estimate of drug-likeness (QED) is 0.660. The highest BCUT2D eigenvalue weighted by Gasteiger charge is 1.94. The molecule has 0 fully saturated rings. The van der Waals surface area contributed by atoms with E-state index in [9.17, 15) is 0 Å². The van der Waals surface area contributed by atoms with Crippen LogP contribution in [0.25, 0.3) is 0 Å². The lowest BCUT2D eigenvalue weighted by molar-refractivity contribution is 0.649. The molecule has 0 aliphatic carbocycles. The molecule has 12 heavy (non-hydrogen) atoms. The summed E-state index contributed by atoms with van der Waals surface area (Å²) in [6.45, 7) is 5.35. The van der Waals surface area contributed by atoms with E-state index in [0.29, 0.717) is 0 Å². The zero-order valence-electron chi connectivity index (χ0n) is 7.24. The maximum atomic E-state index is 5.39. The Morgan fingerprint density at radius 2 is 2.50 bits per heavy atom. The standard InChI is InChI=1S/C9H15N3/c1-2-4-9-7-12(8-11-9)6-3-5-10/h2,7-8H,1,3-6,10H2. The molecule has 66 valence electrons. The smallest absolute Gasteiger partial charge is 0.0949 e. The van der Waals surface area contributed by atoms with E-state index < -0.39 is 0 Å². The Hall–Kier alpha value is -1.09. The van der Waals surface area contributed by atoms with Gasteiger partial charge in [-0.05, 0) is 13.0 Å². The molecule has 0 amide bonds. The van der Waals surface area contributed by atoms with Gasteiger partial charge in [-0.25, -0.2) is 4.98 Å². The summed E-state index contributed by atoms with van der Waals surface area (Å²) in [7, 11) is 0. The van der Waals surface area contributed by atoms with E-state index >= 15 is 0 Å². The molecule has 1 heterocycles. The molecule has 2 N–H and O–H groups in total. The number of allylic oxidation sites excluding steroid dienone is 1. The summed E-state index contributed by atoms with van der Waals surface area (Å²) in [6.07, 6.45) is 7.58. The van der Waals surface area contributed by atoms with Crippen molar-refractivity contribution in [3.05, 3.63) is 30.9 Å². The number of hydrogen-bond acceptors (Lipinski definition) is 2. The minimum Gasteiger partial charge on any atom is -0.337 e. The van der Waals surface area contributed by atoms with Crippen molar-refractivity contribution in [2.24, 2.45) is 5.73 Å². The first kappa shape index (κ1) is 9.00. The molecule has 1 aromatic heterocycles. The second kappa shape index (κ2) is 4.72. The third kappa shape index (κ3) is 2.51. The van der Waals surface area contributed by atoms with Crippen molar-refractivity contribution in [2.45, 2.75) is 19.4 Å². The number of aryl methyl sites for hydroxylation is 1. The number of aromatic nitrogens is 2. The number of nitrogens with zero attached hydrogens (tertiary/aromatic N) is 2. The predicted octanol–water partition coefficient (Wildman–Crippen LogP) is 0.960. The Kier molecular flexibility index (Phi) is 3.54. The van der Waals surface area contributed by atoms with Gasteiger partial charge in [0, 0.05) is 19.2 Å². The first-order valence-electron chi connectivity index (χ1n) is 4.18. The van der Waals surface area contributed by atoms with Crippen LogP contribution in [0, 0.1) is 0 Å². The molecule has 0 unspecified atom stereocenters. The fourth-order valence-corrected chi connectivity index (χ4v) is 1.06. The third-order valence-corrected chi connectivity index (χ3v) is 1.66. The van der Waals surface area contributed by atoms with Gasteiger partial charge in [-0.1, -0.05) is 6.08 Å². The first-order valence-corrected chi connectivity index (χ1v) is 4.18. The maximum absolute atomic E-state index is 5.39. The Labute approximate surface area is 72.9 Å². The van der Waals surface area contributed by atoms with Crippen molar-refractivity contribution in [1.82, 2.24) is 9.55 Å². The van der Waals surface area contributed by atoms with Crippen molar-refractivity contribution in [3.63, 3.8) is 0 Å². The maximum Gasteiger partial charge on any atom is 0.0949 e. The Balaban J connectivity index is 2.46. The SMILES string of the molecule is C=CCc1cn(CCCN)cn1. The van der Waals surface area contributed by atoms with Crippen LogP contribution in [0.4, 0.5) is 0 Å². The van der Waals surface area contributed by atoms with Crippen LogP contribution >= 0.6 is 0 Å². The molecule has 1 rings (SSSR count). The van der Waals surface area contributed by atoms with E-state index in [1.54, 1.807) is 0 Å². The summed E-state index contributed by atoms with van der Waals surface area (Å²) < 4.78 is 2.06. The molecule has 1 aromatic rings. The van der Waals surface area contributed by atoms with Gasteiger partial charge in [0.05, 0.1) is 12.0 Å². The second-order valence-corrected chi connectivity index (χ2v) is 2.74. The average molecular weight is 165 g/mol. The fourth-order valence-electron chi connectivity index (χ4n) is 1.06. The van der Waals surface area contributed by atoms with Crippen LogP contribution < -0.4 is 5.73 Å². The molecule has 0 aromatic carbocycles. The van der Waals surface area contributed by atoms with Crippen LogP contribution in [-0.4, -0.2) is 16.1 Å². The van der Waals surface area contributed by atoms with Crippen molar-refractivity contribution in [3.8, 4) is 0 Å². The fraction of sp³-hybridized carbons (Fsp3) is 0.444. The van der Waals surface area contributed by atoms with Crippen molar-refractivity contribution < 1.29 is 0 Å². The lowest BCUT2D eigenvalue weighted by Gasteiger charge is -1.97. The molecule has 0 saturated carbocycles. The molecular weight excluding hydrogens is 150 g/mol. The monoisotopic (exact) mass is 165 g/mol. The first-order chi connectivity index (χ1) is 5.86. The Morgan fingerprint density at radius 3 is 3.17 bits per heavy atom. The molecular formula is C9H15N3. The second-order valence-electron chi connectivity index (χ2n) is 2.74. The molecule has 0 radical (unpaired) electrons. The van der Waals surface area contributed by atoms with Crippen molar-refractivity contribution in [1.29, 1.82) is 0 Å². The molecule has 0 spiro atoms. The predicted molar refractivity (Wildman–Crippen MR) is 49.8 cm³/mol. The number of imidazole rings is 1. The van der Waals surface area contributed by atoms with Gasteiger partial charge in [0.25, 0.3) is 0 Å². The minimum atomic E-state index is 0.731. The van der Waals surface area contributed by atoms with Crippen LogP contribution in [-0.2, 0) is 13.0 Å². The third-order valence-electron chi connectivity index (χ3n) is 1.66. The summed E-state index contributed by atoms with van der Waals surface area (Å²) in [5.74, 6) is 0. The van der Waals surface area contributed by atoms with Crippen LogP contribution in [0.5, 0.6) is 0 Å². The van der Waals surface area contributed by atoms with Crippen LogP contribution in [0.2, 0.25) is 0 Å². The van der Waals surface area contributed by atoms with Gasteiger partial charge < -0.3 is 10.3 Å². The number of nitrogens with two attached hydrogens (primary N) is 1. The zero-order valence-corrected chi connectivity index (χ0v) is 7.24. The molecule has 0 saturated heterocycles. The van der Waals surface area contributed by atoms with Gasteiger partial charge in [-0.3, -0.25) is 0 Å². The van der Waals surface area contributed by atoms with Crippen LogP contribution in [0.15, 0.2) is 25.2 Å². The molecule has 0 aliphatic heterocycles. The zero-order chi connectivity index (χ0) is 8.81. The van der Waals surface area contributed by atoms with E-state index in [4.69, 9.17) is 5.73 Å². The highest BCUT2D eigenvalue weighted by molar-refractivity contribution is 5.01. The lowest BCUT2D eigenvalue weighted by atomic mass is 10.3. The van der Waals surface area contributed by atoms with Crippen LogP contribution in [0.1, 0.15) is 12.1 Å². The van der Waals surface area contributed by atoms with Gasteiger partial charge >= 0.3 is 0 Å². The van der Waals surface area contributed by atoms with Gasteiger partial charge in [0.15, 0.2) is 0 Å². The van der Waals surface area contributed by atoms with E-state index in [0.717, 1.165) is 31.6 Å². The highest BCUT2D eigenvalue weighted by Crippen LogP contribution is 1.98. The summed E-state index contributed by atoms with van der Waals surface area (Å²) in [6, 6.07) is 0. The van der Waals surface area contributed by atoms with E-state index in [-0.39, 0.29) is 0 Å². The lowest BCUT2D eigenvalue weighted by Crippen LogP contribution is -2.03. The highest BCUT2D eigenvalue weighted by atomic mass is 15.0. The largest absolute Gasteiger partial charge is 0.337 e. The van der Waals surface area contributed by atoms with E-state index in [1.165, 1.54) is 0 Å². The Bertz CT molecular complexity index is 240. The van der Waals surface area contributed by atoms with Crippen molar-refractivity contribution in [2.75, 3.05) is 6.54 Å². The molecule has 0 bridgehead atoms. The average Bonchev–Trinajstić information content (AvgIpc) is 2.50. The summed E-state index contributed by atoms with van der Waals surface area (Å²) >= 11 is 0. The topological polar surface area (TPSA) is 43.8 Å². The Morgan fingerprint density at radius 1 is 1.67 bits per heavy atom. The van der Waals surface area contributed by atoms with Gasteiger partial charge in [-0.2, -0.15) is 0 Å². The molecule has 3 nitrogen and oxygen atoms in total. The number of rotatable bonds is 5. The van der Waals surface area contributed by atoms with Crippen LogP contribution in [0.3, 0.4) is 0 Å². The van der Waals surface area contributed by atoms with E-state index in [1.807, 2.05) is 18.6 Å². The summed E-state index contributed by atoms with van der Waals surface area (Å²) in [5, 5.41) is 0. The molecule has 3 heteroatoms. The molecule has 0 atom stereocenters. The normalized spacial score (nSPS) is 10.1. The minimum absolute atomic E-state index is 0.731. The van der Waals surface area contributed by atoms with Gasteiger partial charge in [0.2, 0.25) is 0 Å². The number of hydrogen-bond donors (Lipinski definition) is 1. The van der Waals surface area contributed by atoms with Gasteiger partial charge in [0.1, 0.15) is 0 Å². The van der Waals surface area contributed by atoms with Crippen molar-refractivity contribution >= 4 is 0 Å².